The zero-order valence-electron chi connectivity index (χ0n) is 15.4. The fraction of sp³-hybridized carbons (Fsp3) is 0.316. The van der Waals surface area contributed by atoms with Gasteiger partial charge < -0.3 is 19.5 Å². The molecule has 0 saturated heterocycles. The predicted octanol–water partition coefficient (Wildman–Crippen LogP) is 2.37. The van der Waals surface area contributed by atoms with Gasteiger partial charge in [-0.05, 0) is 37.6 Å². The minimum atomic E-state index is -0.289. The maximum absolute atomic E-state index is 12.3. The normalized spacial score (nSPS) is 12.9. The van der Waals surface area contributed by atoms with Crippen molar-refractivity contribution in [3.63, 3.8) is 0 Å². The van der Waals surface area contributed by atoms with Crippen LogP contribution in [-0.2, 0) is 11.8 Å². The first kappa shape index (κ1) is 17.1. The molecule has 2 aromatic heterocycles. The highest BCUT2D eigenvalue weighted by Gasteiger charge is 2.16. The van der Waals surface area contributed by atoms with Gasteiger partial charge in [0.05, 0.1) is 5.39 Å². The maximum atomic E-state index is 12.3. The van der Waals surface area contributed by atoms with Gasteiger partial charge in [-0.2, -0.15) is 0 Å². The van der Waals surface area contributed by atoms with Crippen LogP contribution in [0.1, 0.15) is 11.3 Å². The number of hydrogen-bond acceptors (Lipinski definition) is 6. The van der Waals surface area contributed by atoms with Gasteiger partial charge in [0, 0.05) is 24.5 Å². The topological polar surface area (TPSA) is 87.5 Å². The van der Waals surface area contributed by atoms with Crippen LogP contribution in [0.25, 0.3) is 11.0 Å². The summed E-state index contributed by atoms with van der Waals surface area (Å²) in [6.45, 7) is 4.76. The second-order valence-electron chi connectivity index (χ2n) is 6.40. The van der Waals surface area contributed by atoms with E-state index in [1.165, 1.54) is 0 Å². The van der Waals surface area contributed by atoms with Crippen molar-refractivity contribution in [2.45, 2.75) is 13.8 Å². The number of ether oxygens (including phenoxy) is 3. The van der Waals surface area contributed by atoms with Crippen molar-refractivity contribution in [2.75, 3.05) is 25.1 Å². The van der Waals surface area contributed by atoms with E-state index in [-0.39, 0.29) is 12.5 Å². The first-order valence-electron chi connectivity index (χ1n) is 8.64. The first-order chi connectivity index (χ1) is 13.0. The van der Waals surface area contributed by atoms with Crippen molar-refractivity contribution >= 4 is 22.6 Å². The number of carbonyl (C=O) groups is 1. The summed E-state index contributed by atoms with van der Waals surface area (Å²) in [5, 5.41) is 7.95. The highest BCUT2D eigenvalue weighted by Crippen LogP contribution is 2.32. The van der Waals surface area contributed by atoms with Gasteiger partial charge in [0.25, 0.3) is 5.91 Å². The summed E-state index contributed by atoms with van der Waals surface area (Å²) >= 11 is 0. The summed E-state index contributed by atoms with van der Waals surface area (Å²) in [5.74, 6) is 1.40. The molecular weight excluding hydrogens is 348 g/mol. The Hall–Kier alpha value is -3.29. The van der Waals surface area contributed by atoms with Gasteiger partial charge in [0.15, 0.2) is 23.8 Å². The minimum Gasteiger partial charge on any atom is -0.486 e. The lowest BCUT2D eigenvalue weighted by Gasteiger charge is -2.19. The SMILES string of the molecule is Cc1cc(C)c2c(OCC(=O)Nc3ccc4c(c3)OCCO4)nn(C)c2n1. The zero-order chi connectivity index (χ0) is 19.0. The van der Waals surface area contributed by atoms with Gasteiger partial charge in [-0.1, -0.05) is 0 Å². The van der Waals surface area contributed by atoms with Crippen LogP contribution < -0.4 is 19.5 Å². The lowest BCUT2D eigenvalue weighted by Crippen LogP contribution is -2.21. The monoisotopic (exact) mass is 368 g/mol. The van der Waals surface area contributed by atoms with Crippen LogP contribution in [0.3, 0.4) is 0 Å². The molecule has 8 heteroatoms. The van der Waals surface area contributed by atoms with Crippen LogP contribution in [0, 0.1) is 13.8 Å². The molecule has 0 bridgehead atoms. The maximum Gasteiger partial charge on any atom is 0.262 e. The Balaban J connectivity index is 1.46. The second-order valence-corrected chi connectivity index (χ2v) is 6.40. The Morgan fingerprint density at radius 2 is 2.00 bits per heavy atom. The van der Waals surface area contributed by atoms with E-state index in [0.717, 1.165) is 22.3 Å². The number of pyridine rings is 1. The van der Waals surface area contributed by atoms with Gasteiger partial charge in [0.2, 0.25) is 5.88 Å². The third-order valence-corrected chi connectivity index (χ3v) is 4.25. The lowest BCUT2D eigenvalue weighted by molar-refractivity contribution is -0.118. The number of carbonyl (C=O) groups excluding carboxylic acids is 1. The number of aromatic nitrogens is 3. The number of nitrogens with one attached hydrogen (secondary N) is 1. The Kier molecular flexibility index (Phi) is 4.31. The number of amides is 1. The lowest BCUT2D eigenvalue weighted by atomic mass is 10.2. The molecule has 4 rings (SSSR count). The number of anilines is 1. The number of nitrogens with zero attached hydrogens (tertiary/aromatic N) is 3. The molecule has 1 aromatic carbocycles. The molecule has 0 fully saturated rings. The molecule has 1 amide bonds. The fourth-order valence-electron chi connectivity index (χ4n) is 3.10. The van der Waals surface area contributed by atoms with E-state index in [0.29, 0.717) is 36.3 Å². The standard InChI is InChI=1S/C19H20N4O4/c1-11-8-12(2)20-18-17(11)19(22-23(18)3)27-10-16(24)21-13-4-5-14-15(9-13)26-7-6-25-14/h4-5,8-9H,6-7,10H2,1-3H3,(H,21,24). The van der Waals surface area contributed by atoms with Crippen LogP contribution in [0.15, 0.2) is 24.3 Å². The molecule has 1 aliphatic rings. The van der Waals surface area contributed by atoms with Crippen molar-refractivity contribution in [3.05, 3.63) is 35.5 Å². The molecule has 3 aromatic rings. The number of benzene rings is 1. The summed E-state index contributed by atoms with van der Waals surface area (Å²) in [6.07, 6.45) is 0. The molecule has 140 valence electrons. The highest BCUT2D eigenvalue weighted by atomic mass is 16.6. The largest absolute Gasteiger partial charge is 0.486 e. The molecule has 0 atom stereocenters. The number of rotatable bonds is 4. The van der Waals surface area contributed by atoms with E-state index in [2.05, 4.69) is 15.4 Å². The summed E-state index contributed by atoms with van der Waals surface area (Å²) < 4.78 is 18.3. The zero-order valence-corrected chi connectivity index (χ0v) is 15.4. The van der Waals surface area contributed by atoms with Crippen molar-refractivity contribution in [2.24, 2.45) is 7.05 Å². The minimum absolute atomic E-state index is 0.159. The van der Waals surface area contributed by atoms with E-state index in [4.69, 9.17) is 14.2 Å². The van der Waals surface area contributed by atoms with Gasteiger partial charge >= 0.3 is 0 Å². The quantitative estimate of drug-likeness (QED) is 0.761. The predicted molar refractivity (Wildman–Crippen MR) is 99.5 cm³/mol. The number of fused-ring (bicyclic) bond motifs is 2. The first-order valence-corrected chi connectivity index (χ1v) is 8.64. The number of hydrogen-bond donors (Lipinski definition) is 1. The molecule has 0 unspecified atom stereocenters. The Morgan fingerprint density at radius 3 is 2.81 bits per heavy atom. The van der Waals surface area contributed by atoms with Gasteiger partial charge in [-0.3, -0.25) is 4.79 Å². The Labute approximate surface area is 156 Å². The highest BCUT2D eigenvalue weighted by molar-refractivity contribution is 5.92. The van der Waals surface area contributed by atoms with Gasteiger partial charge in [-0.15, -0.1) is 5.10 Å². The third kappa shape index (κ3) is 3.38. The van der Waals surface area contributed by atoms with Crippen molar-refractivity contribution in [3.8, 4) is 17.4 Å². The molecule has 0 saturated carbocycles. The molecule has 0 aliphatic carbocycles. The van der Waals surface area contributed by atoms with E-state index in [9.17, 15) is 4.79 Å². The van der Waals surface area contributed by atoms with E-state index in [1.807, 2.05) is 19.9 Å². The van der Waals surface area contributed by atoms with Crippen LogP contribution in [0.2, 0.25) is 0 Å². The molecule has 0 radical (unpaired) electrons. The van der Waals surface area contributed by atoms with Crippen LogP contribution >= 0.6 is 0 Å². The Morgan fingerprint density at radius 1 is 1.22 bits per heavy atom. The van der Waals surface area contributed by atoms with Crippen molar-refractivity contribution in [1.29, 1.82) is 0 Å². The molecule has 1 N–H and O–H groups in total. The van der Waals surface area contributed by atoms with E-state index < -0.39 is 0 Å². The third-order valence-electron chi connectivity index (χ3n) is 4.25. The summed E-state index contributed by atoms with van der Waals surface area (Å²) in [4.78, 5) is 16.8. The van der Waals surface area contributed by atoms with Crippen molar-refractivity contribution in [1.82, 2.24) is 14.8 Å². The Bertz CT molecular complexity index is 1030. The van der Waals surface area contributed by atoms with E-state index in [1.54, 1.807) is 29.9 Å². The average Bonchev–Trinajstić information content (AvgIpc) is 2.96. The molecule has 3 heterocycles. The van der Waals surface area contributed by atoms with Crippen molar-refractivity contribution < 1.29 is 19.0 Å². The molecular formula is C19H20N4O4. The molecule has 27 heavy (non-hydrogen) atoms. The van der Waals surface area contributed by atoms with Crippen LogP contribution in [0.5, 0.6) is 17.4 Å². The average molecular weight is 368 g/mol. The van der Waals surface area contributed by atoms with E-state index >= 15 is 0 Å². The second kappa shape index (κ2) is 6.79. The fourth-order valence-corrected chi connectivity index (χ4v) is 3.10. The smallest absolute Gasteiger partial charge is 0.262 e. The summed E-state index contributed by atoms with van der Waals surface area (Å²) in [7, 11) is 1.80. The molecule has 8 nitrogen and oxygen atoms in total. The van der Waals surface area contributed by atoms with Crippen LogP contribution in [-0.4, -0.2) is 40.5 Å². The van der Waals surface area contributed by atoms with Gasteiger partial charge in [-0.25, -0.2) is 9.67 Å². The summed E-state index contributed by atoms with van der Waals surface area (Å²) in [6, 6.07) is 7.23. The molecule has 0 spiro atoms. The number of aryl methyl sites for hydroxylation is 3. The van der Waals surface area contributed by atoms with Crippen LogP contribution in [0.4, 0.5) is 5.69 Å². The summed E-state index contributed by atoms with van der Waals surface area (Å²) in [5.41, 5.74) is 3.26. The van der Waals surface area contributed by atoms with Gasteiger partial charge in [0.1, 0.15) is 13.2 Å². The molecule has 1 aliphatic heterocycles.